The second-order valence-electron chi connectivity index (χ2n) is 4.75. The summed E-state index contributed by atoms with van der Waals surface area (Å²) in [5.41, 5.74) is 0.715. The number of carboxylic acids is 1. The van der Waals surface area contributed by atoms with Gasteiger partial charge in [0.1, 0.15) is 0 Å². The number of carboxylic acid groups (broad SMARTS) is 1. The van der Waals surface area contributed by atoms with Gasteiger partial charge < -0.3 is 10.0 Å². The lowest BCUT2D eigenvalue weighted by Crippen LogP contribution is -2.39. The van der Waals surface area contributed by atoms with Gasteiger partial charge in [-0.25, -0.2) is 4.98 Å². The summed E-state index contributed by atoms with van der Waals surface area (Å²) in [6, 6.07) is -0.428. The molecule has 0 aliphatic carbocycles. The van der Waals surface area contributed by atoms with Crippen LogP contribution in [0.4, 0.5) is 0 Å². The molecule has 2 atom stereocenters. The van der Waals surface area contributed by atoms with Crippen molar-refractivity contribution in [3.63, 3.8) is 0 Å². The van der Waals surface area contributed by atoms with Gasteiger partial charge in [0.05, 0.1) is 22.7 Å². The Labute approximate surface area is 116 Å². The van der Waals surface area contributed by atoms with Crippen molar-refractivity contribution in [1.82, 2.24) is 9.88 Å². The van der Waals surface area contributed by atoms with Crippen molar-refractivity contribution < 1.29 is 14.7 Å². The van der Waals surface area contributed by atoms with E-state index >= 15 is 0 Å². The maximum Gasteiger partial charge on any atom is 0.309 e. The smallest absolute Gasteiger partial charge is 0.309 e. The van der Waals surface area contributed by atoms with Gasteiger partial charge in [-0.05, 0) is 26.7 Å². The Balaban J connectivity index is 2.43. The van der Waals surface area contributed by atoms with Crippen molar-refractivity contribution in [2.45, 2.75) is 39.2 Å². The Morgan fingerprint density at radius 1 is 1.63 bits per heavy atom. The van der Waals surface area contributed by atoms with Crippen molar-refractivity contribution in [2.24, 2.45) is 5.92 Å². The molecule has 0 spiro atoms. The maximum absolute atomic E-state index is 12.1. The standard InChI is InChI=1S/C13H18N2O3S/c1-3-15-11(16)6-4-5-9(13(17)18)12(15)10-7-19-8(2)14-10/h7,9,12H,3-6H2,1-2H3,(H,17,18). The maximum atomic E-state index is 12.1. The number of nitrogens with zero attached hydrogens (tertiary/aromatic N) is 2. The molecule has 0 radical (unpaired) electrons. The molecular weight excluding hydrogens is 264 g/mol. The number of amides is 1. The van der Waals surface area contributed by atoms with Gasteiger partial charge in [-0.2, -0.15) is 0 Å². The van der Waals surface area contributed by atoms with E-state index in [2.05, 4.69) is 4.98 Å². The van der Waals surface area contributed by atoms with Gasteiger partial charge in [0.15, 0.2) is 0 Å². The first kappa shape index (κ1) is 14.0. The molecule has 0 aromatic carbocycles. The number of aromatic nitrogens is 1. The van der Waals surface area contributed by atoms with Crippen LogP contribution in [0.2, 0.25) is 0 Å². The summed E-state index contributed by atoms with van der Waals surface area (Å²) in [7, 11) is 0. The monoisotopic (exact) mass is 282 g/mol. The fourth-order valence-corrected chi connectivity index (χ4v) is 3.30. The predicted octanol–water partition coefficient (Wildman–Crippen LogP) is 2.23. The SMILES string of the molecule is CCN1C(=O)CCCC(C(=O)O)C1c1csc(C)n1. The molecule has 1 aromatic rings. The Kier molecular flexibility index (Phi) is 4.19. The van der Waals surface area contributed by atoms with Gasteiger partial charge in [0.2, 0.25) is 5.91 Å². The van der Waals surface area contributed by atoms with Crippen molar-refractivity contribution in [3.05, 3.63) is 16.1 Å². The minimum atomic E-state index is -0.844. The fourth-order valence-electron chi connectivity index (χ4n) is 2.66. The van der Waals surface area contributed by atoms with Gasteiger partial charge >= 0.3 is 5.97 Å². The second-order valence-corrected chi connectivity index (χ2v) is 5.82. The van der Waals surface area contributed by atoms with E-state index in [-0.39, 0.29) is 5.91 Å². The normalized spacial score (nSPS) is 24.3. The third kappa shape index (κ3) is 2.78. The molecule has 1 aromatic heterocycles. The molecule has 2 rings (SSSR count). The zero-order valence-corrected chi connectivity index (χ0v) is 11.9. The van der Waals surface area contributed by atoms with Crippen LogP contribution in [0.25, 0.3) is 0 Å². The summed E-state index contributed by atoms with van der Waals surface area (Å²) >= 11 is 1.49. The molecule has 0 saturated carbocycles. The van der Waals surface area contributed by atoms with Crippen LogP contribution in [0.3, 0.4) is 0 Å². The minimum Gasteiger partial charge on any atom is -0.481 e. The Morgan fingerprint density at radius 2 is 2.37 bits per heavy atom. The van der Waals surface area contributed by atoms with E-state index in [1.54, 1.807) is 4.90 Å². The predicted molar refractivity (Wildman–Crippen MR) is 72.0 cm³/mol. The summed E-state index contributed by atoms with van der Waals surface area (Å²) in [5, 5.41) is 12.2. The van der Waals surface area contributed by atoms with E-state index in [0.717, 1.165) is 5.01 Å². The number of carbonyl (C=O) groups is 2. The van der Waals surface area contributed by atoms with Crippen LogP contribution in [0, 0.1) is 12.8 Å². The number of rotatable bonds is 3. The molecule has 1 N–H and O–H groups in total. The third-order valence-electron chi connectivity index (χ3n) is 3.54. The highest BCUT2D eigenvalue weighted by atomic mass is 32.1. The fraction of sp³-hybridized carbons (Fsp3) is 0.615. The molecule has 1 saturated heterocycles. The summed E-state index contributed by atoms with van der Waals surface area (Å²) in [6.07, 6.45) is 1.59. The largest absolute Gasteiger partial charge is 0.481 e. The number of likely N-dealkylation sites (tertiary alicyclic amines) is 1. The topological polar surface area (TPSA) is 70.5 Å². The first-order valence-corrected chi connectivity index (χ1v) is 7.36. The molecule has 104 valence electrons. The first-order valence-electron chi connectivity index (χ1n) is 6.49. The lowest BCUT2D eigenvalue weighted by atomic mass is 9.93. The Bertz CT molecular complexity index is 484. The zero-order chi connectivity index (χ0) is 14.0. The second kappa shape index (κ2) is 5.69. The van der Waals surface area contributed by atoms with Crippen LogP contribution >= 0.6 is 11.3 Å². The van der Waals surface area contributed by atoms with Gasteiger partial charge in [-0.3, -0.25) is 9.59 Å². The molecular formula is C13H18N2O3S. The summed E-state index contributed by atoms with van der Waals surface area (Å²) < 4.78 is 0. The van der Waals surface area contributed by atoms with Crippen LogP contribution in [0.5, 0.6) is 0 Å². The molecule has 2 heterocycles. The summed E-state index contributed by atoms with van der Waals surface area (Å²) in [5.74, 6) is -1.38. The van der Waals surface area contributed by atoms with E-state index < -0.39 is 17.9 Å². The molecule has 19 heavy (non-hydrogen) atoms. The average molecular weight is 282 g/mol. The molecule has 1 aliphatic heterocycles. The van der Waals surface area contributed by atoms with E-state index in [9.17, 15) is 14.7 Å². The van der Waals surface area contributed by atoms with Crippen LogP contribution < -0.4 is 0 Å². The van der Waals surface area contributed by atoms with Gasteiger partial charge in [-0.15, -0.1) is 11.3 Å². The quantitative estimate of drug-likeness (QED) is 0.923. The number of hydrogen-bond acceptors (Lipinski definition) is 4. The average Bonchev–Trinajstić information content (AvgIpc) is 2.70. The van der Waals surface area contributed by atoms with Crippen molar-refractivity contribution in [3.8, 4) is 0 Å². The van der Waals surface area contributed by atoms with Crippen molar-refractivity contribution >= 4 is 23.2 Å². The van der Waals surface area contributed by atoms with Gasteiger partial charge in [-0.1, -0.05) is 0 Å². The number of aryl methyl sites for hydroxylation is 1. The highest BCUT2D eigenvalue weighted by Gasteiger charge is 2.39. The number of hydrogen-bond donors (Lipinski definition) is 1. The van der Waals surface area contributed by atoms with Gasteiger partial charge in [0.25, 0.3) is 0 Å². The molecule has 0 bridgehead atoms. The van der Waals surface area contributed by atoms with Crippen LogP contribution in [0.1, 0.15) is 42.9 Å². The molecule has 2 unspecified atom stereocenters. The van der Waals surface area contributed by atoms with Crippen LogP contribution in [-0.2, 0) is 9.59 Å². The summed E-state index contributed by atoms with van der Waals surface area (Å²) in [6.45, 7) is 4.29. The molecule has 1 amide bonds. The first-order chi connectivity index (χ1) is 9.04. The number of carbonyl (C=O) groups excluding carboxylic acids is 1. The highest BCUT2D eigenvalue weighted by Crippen LogP contribution is 2.36. The summed E-state index contributed by atoms with van der Waals surface area (Å²) in [4.78, 5) is 29.7. The van der Waals surface area contributed by atoms with Gasteiger partial charge in [0, 0.05) is 18.3 Å². The van der Waals surface area contributed by atoms with E-state index in [4.69, 9.17) is 0 Å². The lowest BCUT2D eigenvalue weighted by Gasteiger charge is -2.31. The van der Waals surface area contributed by atoms with Crippen LogP contribution in [0.15, 0.2) is 5.38 Å². The highest BCUT2D eigenvalue weighted by molar-refractivity contribution is 7.09. The van der Waals surface area contributed by atoms with Crippen molar-refractivity contribution in [1.29, 1.82) is 0 Å². The minimum absolute atomic E-state index is 0.0295. The van der Waals surface area contributed by atoms with E-state index in [0.29, 0.717) is 31.5 Å². The van der Waals surface area contributed by atoms with Crippen LogP contribution in [-0.4, -0.2) is 33.4 Å². The van der Waals surface area contributed by atoms with E-state index in [1.165, 1.54) is 11.3 Å². The third-order valence-corrected chi connectivity index (χ3v) is 4.33. The number of thiazole rings is 1. The van der Waals surface area contributed by atoms with Crippen molar-refractivity contribution in [2.75, 3.05) is 6.54 Å². The molecule has 1 fully saturated rings. The Morgan fingerprint density at radius 3 is 2.89 bits per heavy atom. The molecule has 1 aliphatic rings. The zero-order valence-electron chi connectivity index (χ0n) is 11.1. The number of aliphatic carboxylic acids is 1. The Hall–Kier alpha value is -1.43. The van der Waals surface area contributed by atoms with E-state index in [1.807, 2.05) is 19.2 Å². The molecule has 5 nitrogen and oxygen atoms in total. The lowest BCUT2D eigenvalue weighted by molar-refractivity contribution is -0.146. The molecule has 6 heteroatoms.